The molecule has 2 amide bonds. The summed E-state index contributed by atoms with van der Waals surface area (Å²) < 4.78 is 5.13. The summed E-state index contributed by atoms with van der Waals surface area (Å²) in [5.74, 6) is -0.203. The largest absolute Gasteiger partial charge is 0.382 e. The Hall–Kier alpha value is -1.10. The molecule has 1 saturated heterocycles. The van der Waals surface area contributed by atoms with E-state index in [-0.39, 0.29) is 11.8 Å². The summed E-state index contributed by atoms with van der Waals surface area (Å²) in [6, 6.07) is -0.472. The van der Waals surface area contributed by atoms with Gasteiger partial charge in [-0.2, -0.15) is 0 Å². The van der Waals surface area contributed by atoms with E-state index in [4.69, 9.17) is 4.74 Å². The van der Waals surface area contributed by atoms with E-state index in [1.807, 2.05) is 13.8 Å². The lowest BCUT2D eigenvalue weighted by Gasteiger charge is -2.49. The zero-order valence-corrected chi connectivity index (χ0v) is 11.5. The molecule has 0 spiro atoms. The van der Waals surface area contributed by atoms with Crippen LogP contribution in [-0.2, 0) is 14.3 Å². The molecule has 1 heterocycles. The van der Waals surface area contributed by atoms with Crippen molar-refractivity contribution in [1.29, 1.82) is 0 Å². The van der Waals surface area contributed by atoms with Crippen molar-refractivity contribution in [1.82, 2.24) is 10.2 Å². The minimum Gasteiger partial charge on any atom is -0.382 e. The zero-order chi connectivity index (χ0) is 13.4. The predicted octanol–water partition coefficient (Wildman–Crippen LogP) is 0.537. The average Bonchev–Trinajstić information content (AvgIpc) is 2.14. The van der Waals surface area contributed by atoms with Crippen LogP contribution in [0.5, 0.6) is 0 Å². The maximum Gasteiger partial charge on any atom is 0.248 e. The van der Waals surface area contributed by atoms with E-state index < -0.39 is 17.1 Å². The van der Waals surface area contributed by atoms with Gasteiger partial charge in [-0.3, -0.25) is 9.59 Å². The number of methoxy groups -OCH3 is 1. The van der Waals surface area contributed by atoms with Crippen molar-refractivity contribution < 1.29 is 14.3 Å². The van der Waals surface area contributed by atoms with Crippen LogP contribution in [0.25, 0.3) is 0 Å². The Morgan fingerprint density at radius 2 is 1.94 bits per heavy atom. The topological polar surface area (TPSA) is 58.6 Å². The summed E-state index contributed by atoms with van der Waals surface area (Å²) in [5.41, 5.74) is -1.35. The fourth-order valence-corrected chi connectivity index (χ4v) is 2.28. The molecule has 1 N–H and O–H groups in total. The van der Waals surface area contributed by atoms with E-state index in [1.165, 1.54) is 0 Å². The molecule has 1 aliphatic rings. The van der Waals surface area contributed by atoms with Crippen LogP contribution in [0.3, 0.4) is 0 Å². The number of hydrogen-bond donors (Lipinski definition) is 1. The van der Waals surface area contributed by atoms with Crippen molar-refractivity contribution >= 4 is 11.8 Å². The number of piperazine rings is 1. The summed E-state index contributed by atoms with van der Waals surface area (Å²) in [7, 11) is 1.59. The standard InChI is InChI=1S/C12H22N2O3/c1-8-9(15)13-12(4,5)10(16)14(8)11(2,3)7-17-6/h8H,7H2,1-6H3,(H,13,15). The summed E-state index contributed by atoms with van der Waals surface area (Å²) in [5, 5.41) is 2.73. The van der Waals surface area contributed by atoms with Crippen LogP contribution in [-0.4, -0.2) is 47.6 Å². The number of amides is 2. The van der Waals surface area contributed by atoms with Crippen LogP contribution >= 0.6 is 0 Å². The molecule has 0 radical (unpaired) electrons. The zero-order valence-electron chi connectivity index (χ0n) is 11.5. The molecule has 5 nitrogen and oxygen atoms in total. The van der Waals surface area contributed by atoms with Crippen LogP contribution in [0, 0.1) is 0 Å². The molecule has 1 atom stereocenters. The van der Waals surface area contributed by atoms with Gasteiger partial charge >= 0.3 is 0 Å². The maximum atomic E-state index is 12.4. The monoisotopic (exact) mass is 242 g/mol. The molecule has 1 rings (SSSR count). The second-order valence-electron chi connectivity index (χ2n) is 5.71. The fraction of sp³-hybridized carbons (Fsp3) is 0.833. The molecule has 0 aromatic heterocycles. The third kappa shape index (κ3) is 2.44. The first-order chi connectivity index (χ1) is 7.63. The third-order valence-electron chi connectivity index (χ3n) is 3.11. The molecular formula is C12H22N2O3. The lowest BCUT2D eigenvalue weighted by atomic mass is 9.91. The maximum absolute atomic E-state index is 12.4. The molecule has 1 fully saturated rings. The molecule has 0 aromatic rings. The first-order valence-corrected chi connectivity index (χ1v) is 5.78. The predicted molar refractivity (Wildman–Crippen MR) is 64.5 cm³/mol. The van der Waals surface area contributed by atoms with E-state index in [2.05, 4.69) is 5.32 Å². The van der Waals surface area contributed by atoms with Crippen molar-refractivity contribution in [2.45, 2.75) is 51.7 Å². The van der Waals surface area contributed by atoms with Crippen molar-refractivity contribution in [3.05, 3.63) is 0 Å². The summed E-state index contributed by atoms with van der Waals surface area (Å²) in [6.07, 6.45) is 0. The number of nitrogens with zero attached hydrogens (tertiary/aromatic N) is 1. The summed E-state index contributed by atoms with van der Waals surface area (Å²) >= 11 is 0. The quantitative estimate of drug-likeness (QED) is 0.785. The average molecular weight is 242 g/mol. The van der Waals surface area contributed by atoms with Gasteiger partial charge in [-0.15, -0.1) is 0 Å². The van der Waals surface area contributed by atoms with Crippen molar-refractivity contribution in [3.8, 4) is 0 Å². The molecule has 17 heavy (non-hydrogen) atoms. The molecular weight excluding hydrogens is 220 g/mol. The van der Waals surface area contributed by atoms with E-state index in [1.54, 1.807) is 32.8 Å². The Labute approximate surface area is 102 Å². The van der Waals surface area contributed by atoms with Crippen LogP contribution in [0.2, 0.25) is 0 Å². The Bertz CT molecular complexity index is 337. The fourth-order valence-electron chi connectivity index (χ4n) is 2.28. The highest BCUT2D eigenvalue weighted by atomic mass is 16.5. The van der Waals surface area contributed by atoms with E-state index >= 15 is 0 Å². The summed E-state index contributed by atoms with van der Waals surface area (Å²) in [4.78, 5) is 25.9. The van der Waals surface area contributed by atoms with E-state index in [0.29, 0.717) is 6.61 Å². The molecule has 0 aliphatic carbocycles. The van der Waals surface area contributed by atoms with E-state index in [9.17, 15) is 9.59 Å². The number of hydrogen-bond acceptors (Lipinski definition) is 3. The minimum absolute atomic E-state index is 0.0772. The van der Waals surface area contributed by atoms with Crippen LogP contribution in [0.4, 0.5) is 0 Å². The smallest absolute Gasteiger partial charge is 0.248 e. The Balaban J connectivity index is 3.10. The van der Waals surface area contributed by atoms with Crippen molar-refractivity contribution in [2.75, 3.05) is 13.7 Å². The van der Waals surface area contributed by atoms with Crippen molar-refractivity contribution in [3.63, 3.8) is 0 Å². The minimum atomic E-state index is -0.853. The Morgan fingerprint density at radius 3 is 2.41 bits per heavy atom. The highest BCUT2D eigenvalue weighted by Gasteiger charge is 2.48. The molecule has 1 aliphatic heterocycles. The first-order valence-electron chi connectivity index (χ1n) is 5.78. The van der Waals surface area contributed by atoms with Gasteiger partial charge in [-0.25, -0.2) is 0 Å². The number of nitrogens with one attached hydrogen (secondary N) is 1. The van der Waals surface area contributed by atoms with E-state index in [0.717, 1.165) is 0 Å². The second-order valence-corrected chi connectivity index (χ2v) is 5.71. The van der Waals surface area contributed by atoms with Gasteiger partial charge < -0.3 is 15.0 Å². The lowest BCUT2D eigenvalue weighted by molar-refractivity contribution is -0.161. The van der Waals surface area contributed by atoms with Gasteiger partial charge in [-0.1, -0.05) is 0 Å². The van der Waals surface area contributed by atoms with Gasteiger partial charge in [0.05, 0.1) is 12.1 Å². The summed E-state index contributed by atoms with van der Waals surface area (Å²) in [6.45, 7) is 9.37. The number of carbonyl (C=O) groups is 2. The molecule has 5 heteroatoms. The number of rotatable bonds is 3. The van der Waals surface area contributed by atoms with Gasteiger partial charge in [0.25, 0.3) is 0 Å². The highest BCUT2D eigenvalue weighted by molar-refractivity contribution is 5.99. The van der Waals surface area contributed by atoms with Gasteiger partial charge in [0.2, 0.25) is 11.8 Å². The molecule has 98 valence electrons. The molecule has 0 saturated carbocycles. The van der Waals surface area contributed by atoms with Crippen LogP contribution in [0.15, 0.2) is 0 Å². The molecule has 1 unspecified atom stereocenters. The molecule has 0 aromatic carbocycles. The van der Waals surface area contributed by atoms with Crippen molar-refractivity contribution in [2.24, 2.45) is 0 Å². The second kappa shape index (κ2) is 4.29. The Morgan fingerprint density at radius 1 is 1.41 bits per heavy atom. The number of carbonyl (C=O) groups excluding carboxylic acids is 2. The van der Waals surface area contributed by atoms with Gasteiger partial charge in [0, 0.05) is 7.11 Å². The molecule has 0 bridgehead atoms. The van der Waals surface area contributed by atoms with Crippen LogP contribution < -0.4 is 5.32 Å². The third-order valence-corrected chi connectivity index (χ3v) is 3.11. The highest BCUT2D eigenvalue weighted by Crippen LogP contribution is 2.26. The van der Waals surface area contributed by atoms with Gasteiger partial charge in [0.15, 0.2) is 0 Å². The SMILES string of the molecule is COCC(C)(C)N1C(=O)C(C)(C)NC(=O)C1C. The number of ether oxygens (including phenoxy) is 1. The van der Waals surface area contributed by atoms with Gasteiger partial charge in [-0.05, 0) is 34.6 Å². The lowest BCUT2D eigenvalue weighted by Crippen LogP contribution is -2.72. The first kappa shape index (κ1) is 14.0. The Kier molecular flexibility index (Phi) is 3.52. The normalized spacial score (nSPS) is 24.8. The van der Waals surface area contributed by atoms with Gasteiger partial charge in [0.1, 0.15) is 11.6 Å². The van der Waals surface area contributed by atoms with Crippen LogP contribution in [0.1, 0.15) is 34.6 Å².